The maximum absolute atomic E-state index is 12.9. The summed E-state index contributed by atoms with van der Waals surface area (Å²) in [4.78, 5) is 25.7. The average molecular weight is 893 g/mol. The molecule has 2 saturated heterocycles. The highest BCUT2D eigenvalue weighted by atomic mass is 16.7. The van der Waals surface area contributed by atoms with E-state index in [-0.39, 0.29) is 26.1 Å². The van der Waals surface area contributed by atoms with Crippen molar-refractivity contribution < 1.29 is 73.8 Å². The lowest BCUT2D eigenvalue weighted by molar-refractivity contribution is -0.332. The van der Waals surface area contributed by atoms with Crippen molar-refractivity contribution >= 4 is 11.9 Å². The highest BCUT2D eigenvalue weighted by Crippen LogP contribution is 2.26. The molecule has 0 aromatic heterocycles. The number of aliphatic hydroxyl groups is 7. The molecule has 15 heteroatoms. The van der Waals surface area contributed by atoms with Gasteiger partial charge < -0.3 is 64.2 Å². The molecule has 0 radical (unpaired) electrons. The van der Waals surface area contributed by atoms with Crippen molar-refractivity contribution in [3.05, 3.63) is 0 Å². The van der Waals surface area contributed by atoms with Gasteiger partial charge in [0.05, 0.1) is 19.8 Å². The predicted octanol–water partition coefficient (Wildman–Crippen LogP) is 6.04. The van der Waals surface area contributed by atoms with Gasteiger partial charge in [0.15, 0.2) is 18.7 Å². The monoisotopic (exact) mass is 893 g/mol. The van der Waals surface area contributed by atoms with E-state index in [9.17, 15) is 45.3 Å². The lowest BCUT2D eigenvalue weighted by atomic mass is 9.98. The Labute approximate surface area is 372 Å². The molecule has 15 nitrogen and oxygen atoms in total. The maximum atomic E-state index is 12.9. The minimum atomic E-state index is -1.76. The number of esters is 2. The lowest BCUT2D eigenvalue weighted by Gasteiger charge is -2.42. The topological polar surface area (TPSA) is 231 Å². The molecule has 11 atom stereocenters. The van der Waals surface area contributed by atoms with Crippen LogP contribution in [0.4, 0.5) is 0 Å². The highest BCUT2D eigenvalue weighted by molar-refractivity contribution is 5.70. The fraction of sp³-hybridized carbons (Fsp3) is 0.957. The van der Waals surface area contributed by atoms with Crippen LogP contribution in [0, 0.1) is 0 Å². The average Bonchev–Trinajstić information content (AvgIpc) is 3.26. The molecule has 62 heavy (non-hydrogen) atoms. The summed E-state index contributed by atoms with van der Waals surface area (Å²) in [7, 11) is 0. The van der Waals surface area contributed by atoms with Crippen LogP contribution in [-0.4, -0.2) is 142 Å². The van der Waals surface area contributed by atoms with Crippen LogP contribution in [0.15, 0.2) is 0 Å². The minimum absolute atomic E-state index is 0.172. The molecule has 0 aromatic carbocycles. The Morgan fingerprint density at radius 3 is 1.26 bits per heavy atom. The van der Waals surface area contributed by atoms with Gasteiger partial charge in [0.25, 0.3) is 0 Å². The molecule has 366 valence electrons. The first-order valence-electron chi connectivity index (χ1n) is 24.6. The summed E-state index contributed by atoms with van der Waals surface area (Å²) < 4.78 is 33.5. The van der Waals surface area contributed by atoms with E-state index in [1.165, 1.54) is 116 Å². The van der Waals surface area contributed by atoms with Gasteiger partial charge in [0.1, 0.15) is 55.4 Å². The molecule has 2 aliphatic heterocycles. The molecule has 2 fully saturated rings. The minimum Gasteiger partial charge on any atom is -0.462 e. The van der Waals surface area contributed by atoms with Crippen molar-refractivity contribution in [2.24, 2.45) is 0 Å². The summed E-state index contributed by atoms with van der Waals surface area (Å²) in [5.74, 6) is -0.913. The number of hydrogen-bond acceptors (Lipinski definition) is 15. The van der Waals surface area contributed by atoms with E-state index in [1.807, 2.05) is 0 Å². The van der Waals surface area contributed by atoms with Crippen molar-refractivity contribution in [1.82, 2.24) is 0 Å². The van der Waals surface area contributed by atoms with Gasteiger partial charge in [-0.1, -0.05) is 168 Å². The molecule has 0 spiro atoms. The van der Waals surface area contributed by atoms with Crippen molar-refractivity contribution in [3.63, 3.8) is 0 Å². The van der Waals surface area contributed by atoms with E-state index in [0.717, 1.165) is 38.5 Å². The number of ether oxygens (including phenoxy) is 6. The third kappa shape index (κ3) is 24.1. The van der Waals surface area contributed by atoms with Gasteiger partial charge in [-0.2, -0.15) is 0 Å². The predicted molar refractivity (Wildman–Crippen MR) is 234 cm³/mol. The van der Waals surface area contributed by atoms with Gasteiger partial charge in [-0.25, -0.2) is 0 Å². The second-order valence-corrected chi connectivity index (χ2v) is 17.7. The molecule has 0 bridgehead atoms. The van der Waals surface area contributed by atoms with E-state index in [0.29, 0.717) is 12.8 Å². The van der Waals surface area contributed by atoms with Gasteiger partial charge in [-0.15, -0.1) is 0 Å². The van der Waals surface area contributed by atoms with Crippen molar-refractivity contribution in [2.75, 3.05) is 26.4 Å². The second-order valence-electron chi connectivity index (χ2n) is 17.7. The Morgan fingerprint density at radius 2 is 0.823 bits per heavy atom. The number of carbonyl (C=O) groups excluding carboxylic acids is 2. The van der Waals surface area contributed by atoms with Crippen LogP contribution < -0.4 is 0 Å². The smallest absolute Gasteiger partial charge is 0.306 e. The Kier molecular flexibility index (Phi) is 32.6. The number of unbranched alkanes of at least 4 members (excludes halogenated alkanes) is 24. The Morgan fingerprint density at radius 1 is 0.452 bits per heavy atom. The summed E-state index contributed by atoms with van der Waals surface area (Å²) in [6.45, 7) is 2.60. The zero-order valence-corrected chi connectivity index (χ0v) is 38.4. The zero-order chi connectivity index (χ0) is 45.4. The highest BCUT2D eigenvalue weighted by Gasteiger charge is 2.47. The summed E-state index contributed by atoms with van der Waals surface area (Å²) in [6.07, 6.45) is 14.2. The standard InChI is InChI=1S/C47H88O15/c1-3-5-7-9-11-13-15-17-18-20-21-23-25-27-29-38(49)57-32-35(60-39(50)30-28-26-24-22-19-16-14-12-10-8-6-4-2)33-58-46-45(56)43(54)41(52)37(62-46)34-59-47-44(55)42(53)40(51)36(31-48)61-47/h35-37,40-48,51-56H,3-34H2,1-2H3/t35-,36-,37-,40+,41+,42?,43?,44?,45?,46-,47-/m1/s1. The fourth-order valence-electron chi connectivity index (χ4n) is 7.98. The molecule has 0 amide bonds. The summed E-state index contributed by atoms with van der Waals surface area (Å²) in [5.41, 5.74) is 0. The zero-order valence-electron chi connectivity index (χ0n) is 38.4. The number of aliphatic hydroxyl groups excluding tert-OH is 7. The number of rotatable bonds is 38. The summed E-state index contributed by atoms with van der Waals surface area (Å²) in [6, 6.07) is 0. The first-order valence-corrected chi connectivity index (χ1v) is 24.6. The quantitative estimate of drug-likeness (QED) is 0.0277. The lowest BCUT2D eigenvalue weighted by Crippen LogP contribution is -2.61. The molecule has 2 aliphatic rings. The Balaban J connectivity index is 1.82. The Hall–Kier alpha value is -1.50. The van der Waals surface area contributed by atoms with E-state index in [1.54, 1.807) is 0 Å². The van der Waals surface area contributed by atoms with Crippen LogP contribution in [0.25, 0.3) is 0 Å². The number of carbonyl (C=O) groups is 2. The van der Waals surface area contributed by atoms with Crippen LogP contribution in [0.5, 0.6) is 0 Å². The van der Waals surface area contributed by atoms with Crippen molar-refractivity contribution in [1.29, 1.82) is 0 Å². The molecule has 4 unspecified atom stereocenters. The van der Waals surface area contributed by atoms with Gasteiger partial charge in [-0.05, 0) is 12.8 Å². The van der Waals surface area contributed by atoms with Crippen molar-refractivity contribution in [3.8, 4) is 0 Å². The third-order valence-corrected chi connectivity index (χ3v) is 12.1. The SMILES string of the molecule is CCCCCCCCCCCCCCCCC(=O)OC[C@H](CO[C@@H]1O[C@H](CO[C@@H]2O[C@H](CO)[C@H](O)C(O)C2O)[C@H](O)C(O)C1O)OC(=O)CCCCCCCCCCCCCC. The van der Waals surface area contributed by atoms with Gasteiger partial charge >= 0.3 is 11.9 Å². The van der Waals surface area contributed by atoms with Crippen LogP contribution in [0.2, 0.25) is 0 Å². The Bertz CT molecular complexity index is 1100. The van der Waals surface area contributed by atoms with E-state index in [4.69, 9.17) is 28.4 Å². The largest absolute Gasteiger partial charge is 0.462 e. The molecule has 0 aromatic rings. The third-order valence-electron chi connectivity index (χ3n) is 12.1. The van der Waals surface area contributed by atoms with Gasteiger partial charge in [-0.3, -0.25) is 9.59 Å². The second kappa shape index (κ2) is 35.7. The molecule has 0 aliphatic carbocycles. The van der Waals surface area contributed by atoms with Gasteiger partial charge in [0, 0.05) is 12.8 Å². The number of hydrogen-bond donors (Lipinski definition) is 7. The van der Waals surface area contributed by atoms with E-state index in [2.05, 4.69) is 13.8 Å². The normalized spacial score (nSPS) is 27.0. The molecule has 2 heterocycles. The molecule has 2 rings (SSSR count). The fourth-order valence-corrected chi connectivity index (χ4v) is 7.98. The summed E-state index contributed by atoms with van der Waals surface area (Å²) >= 11 is 0. The van der Waals surface area contributed by atoms with Crippen molar-refractivity contribution in [2.45, 2.75) is 261 Å². The van der Waals surface area contributed by atoms with Gasteiger partial charge in [0.2, 0.25) is 0 Å². The molecule has 7 N–H and O–H groups in total. The maximum Gasteiger partial charge on any atom is 0.306 e. The van der Waals surface area contributed by atoms with E-state index < -0.39 is 92.7 Å². The van der Waals surface area contributed by atoms with Crippen LogP contribution in [-0.2, 0) is 38.0 Å². The van der Waals surface area contributed by atoms with Crippen LogP contribution in [0.1, 0.15) is 194 Å². The first kappa shape index (κ1) is 56.6. The summed E-state index contributed by atoms with van der Waals surface area (Å²) in [5, 5.41) is 71.9. The van der Waals surface area contributed by atoms with Crippen LogP contribution in [0.3, 0.4) is 0 Å². The molecular formula is C47H88O15. The molecular weight excluding hydrogens is 805 g/mol. The first-order chi connectivity index (χ1) is 30.0. The van der Waals surface area contributed by atoms with Crippen LogP contribution >= 0.6 is 0 Å². The van der Waals surface area contributed by atoms with E-state index >= 15 is 0 Å². The molecule has 0 saturated carbocycles.